The minimum absolute atomic E-state index is 0.0282. The Morgan fingerprint density at radius 2 is 1.86 bits per heavy atom. The quantitative estimate of drug-likeness (QED) is 0.608. The molecular formula is C16H25Cl2N3. The maximum atomic E-state index is 6.42. The zero-order valence-corrected chi connectivity index (χ0v) is 14.3. The van der Waals surface area contributed by atoms with Crippen molar-refractivity contribution in [2.75, 3.05) is 13.1 Å². The predicted molar refractivity (Wildman–Crippen MR) is 90.6 cm³/mol. The number of nitrogens with one attached hydrogen (secondary N) is 1. The van der Waals surface area contributed by atoms with E-state index in [1.165, 1.54) is 12.8 Å². The van der Waals surface area contributed by atoms with Crippen LogP contribution in [0.15, 0.2) is 18.2 Å². The van der Waals surface area contributed by atoms with E-state index in [1.807, 2.05) is 18.2 Å². The molecule has 2 rings (SSSR count). The summed E-state index contributed by atoms with van der Waals surface area (Å²) >= 11 is 12.6. The fourth-order valence-corrected chi connectivity index (χ4v) is 4.13. The summed E-state index contributed by atoms with van der Waals surface area (Å²) in [5.74, 6) is 5.95. The van der Waals surface area contributed by atoms with E-state index in [0.29, 0.717) is 10.0 Å². The first-order valence-electron chi connectivity index (χ1n) is 7.75. The van der Waals surface area contributed by atoms with Crippen molar-refractivity contribution in [3.8, 4) is 0 Å². The Morgan fingerprint density at radius 1 is 1.24 bits per heavy atom. The van der Waals surface area contributed by atoms with Gasteiger partial charge in [0.05, 0.1) is 6.04 Å². The maximum Gasteiger partial charge on any atom is 0.0658 e. The van der Waals surface area contributed by atoms with Crippen molar-refractivity contribution in [1.29, 1.82) is 0 Å². The van der Waals surface area contributed by atoms with Crippen LogP contribution in [0.1, 0.15) is 51.1 Å². The minimum atomic E-state index is -0.0307. The lowest BCUT2D eigenvalue weighted by Crippen LogP contribution is -2.56. The van der Waals surface area contributed by atoms with Crippen LogP contribution in [0.25, 0.3) is 0 Å². The molecule has 0 aromatic heterocycles. The lowest BCUT2D eigenvalue weighted by Gasteiger charge is -2.47. The van der Waals surface area contributed by atoms with Crippen molar-refractivity contribution < 1.29 is 0 Å². The Hall–Kier alpha value is -0.320. The first-order chi connectivity index (χ1) is 10.1. The van der Waals surface area contributed by atoms with Gasteiger partial charge in [0, 0.05) is 15.6 Å². The molecule has 3 nitrogen and oxygen atoms in total. The summed E-state index contributed by atoms with van der Waals surface area (Å²) in [7, 11) is 0. The van der Waals surface area contributed by atoms with Crippen LogP contribution in [0.3, 0.4) is 0 Å². The number of hydrazine groups is 1. The molecule has 118 valence electrons. The summed E-state index contributed by atoms with van der Waals surface area (Å²) in [5, 5.41) is 1.41. The van der Waals surface area contributed by atoms with Gasteiger partial charge in [0.15, 0.2) is 0 Å². The Morgan fingerprint density at radius 3 is 2.38 bits per heavy atom. The average Bonchev–Trinajstić information content (AvgIpc) is 3.02. The molecule has 1 heterocycles. The van der Waals surface area contributed by atoms with Gasteiger partial charge < -0.3 is 0 Å². The van der Waals surface area contributed by atoms with Crippen LogP contribution in [0.4, 0.5) is 0 Å². The van der Waals surface area contributed by atoms with E-state index >= 15 is 0 Å². The van der Waals surface area contributed by atoms with Gasteiger partial charge in [0.2, 0.25) is 0 Å². The smallest absolute Gasteiger partial charge is 0.0658 e. The summed E-state index contributed by atoms with van der Waals surface area (Å²) in [5.41, 5.74) is 3.98. The second kappa shape index (κ2) is 7.30. The number of halogens is 2. The largest absolute Gasteiger partial charge is 0.296 e. The van der Waals surface area contributed by atoms with E-state index in [1.54, 1.807) is 0 Å². The summed E-state index contributed by atoms with van der Waals surface area (Å²) in [6, 6.07) is 5.57. The highest BCUT2D eigenvalue weighted by molar-refractivity contribution is 6.33. The second-order valence-corrected chi connectivity index (χ2v) is 6.61. The Bertz CT molecular complexity index is 469. The minimum Gasteiger partial charge on any atom is -0.296 e. The van der Waals surface area contributed by atoms with Gasteiger partial charge in [-0.15, -0.1) is 0 Å². The molecule has 1 aliphatic rings. The number of hydrogen-bond donors (Lipinski definition) is 2. The van der Waals surface area contributed by atoms with Gasteiger partial charge in [-0.05, 0) is 62.5 Å². The molecule has 1 aromatic carbocycles. The van der Waals surface area contributed by atoms with Gasteiger partial charge in [-0.3, -0.25) is 16.2 Å². The second-order valence-electron chi connectivity index (χ2n) is 5.77. The number of likely N-dealkylation sites (tertiary alicyclic amines) is 1. The topological polar surface area (TPSA) is 41.3 Å². The van der Waals surface area contributed by atoms with Crippen LogP contribution in [0.2, 0.25) is 10.0 Å². The highest BCUT2D eigenvalue weighted by atomic mass is 35.5. The summed E-state index contributed by atoms with van der Waals surface area (Å²) in [6.07, 6.45) is 4.53. The monoisotopic (exact) mass is 329 g/mol. The SMILES string of the molecule is CCC(CC)(C(NN)c1cc(Cl)ccc1Cl)N1CCCC1. The van der Waals surface area contributed by atoms with E-state index < -0.39 is 0 Å². The molecule has 1 atom stereocenters. The fourth-order valence-electron chi connectivity index (χ4n) is 3.72. The molecular weight excluding hydrogens is 305 g/mol. The number of nitrogens with two attached hydrogens (primary N) is 1. The van der Waals surface area contributed by atoms with Gasteiger partial charge in [0.1, 0.15) is 0 Å². The molecule has 0 saturated carbocycles. The van der Waals surface area contributed by atoms with Crippen molar-refractivity contribution in [3.05, 3.63) is 33.8 Å². The molecule has 0 spiro atoms. The molecule has 21 heavy (non-hydrogen) atoms. The van der Waals surface area contributed by atoms with Gasteiger partial charge in [0.25, 0.3) is 0 Å². The van der Waals surface area contributed by atoms with E-state index in [4.69, 9.17) is 29.0 Å². The van der Waals surface area contributed by atoms with E-state index in [9.17, 15) is 0 Å². The predicted octanol–water partition coefficient (Wildman–Crippen LogP) is 4.15. The van der Waals surface area contributed by atoms with Gasteiger partial charge in [-0.2, -0.15) is 0 Å². The highest BCUT2D eigenvalue weighted by Gasteiger charge is 2.43. The molecule has 0 radical (unpaired) electrons. The molecule has 0 amide bonds. The standard InChI is InChI=1S/C16H25Cl2N3/c1-3-16(4-2,21-9-5-6-10-21)15(20-19)13-11-12(17)7-8-14(13)18/h7-8,11,15,20H,3-6,9-10,19H2,1-2H3. The molecule has 0 aliphatic carbocycles. The van der Waals surface area contributed by atoms with Crippen LogP contribution in [0, 0.1) is 0 Å². The first kappa shape index (κ1) is 17.0. The number of hydrogen-bond acceptors (Lipinski definition) is 3. The molecule has 0 bridgehead atoms. The van der Waals surface area contributed by atoms with Crippen LogP contribution >= 0.6 is 23.2 Å². The normalized spacial score (nSPS) is 18.1. The molecule has 1 fully saturated rings. The zero-order chi connectivity index (χ0) is 15.5. The van der Waals surface area contributed by atoms with Crippen molar-refractivity contribution in [3.63, 3.8) is 0 Å². The van der Waals surface area contributed by atoms with E-state index in [2.05, 4.69) is 24.2 Å². The van der Waals surface area contributed by atoms with Crippen molar-refractivity contribution in [2.24, 2.45) is 5.84 Å². The number of benzene rings is 1. The number of rotatable bonds is 6. The van der Waals surface area contributed by atoms with Gasteiger partial charge in [-0.25, -0.2) is 0 Å². The molecule has 5 heteroatoms. The van der Waals surface area contributed by atoms with Gasteiger partial charge in [-0.1, -0.05) is 37.0 Å². The lowest BCUT2D eigenvalue weighted by molar-refractivity contribution is 0.0617. The lowest BCUT2D eigenvalue weighted by atomic mass is 9.79. The molecule has 1 unspecified atom stereocenters. The van der Waals surface area contributed by atoms with Crippen molar-refractivity contribution in [1.82, 2.24) is 10.3 Å². The molecule has 1 aromatic rings. The fraction of sp³-hybridized carbons (Fsp3) is 0.625. The average molecular weight is 330 g/mol. The third-order valence-electron chi connectivity index (χ3n) is 4.93. The number of nitrogens with zero attached hydrogens (tertiary/aromatic N) is 1. The van der Waals surface area contributed by atoms with Crippen molar-refractivity contribution in [2.45, 2.75) is 51.1 Å². The summed E-state index contributed by atoms with van der Waals surface area (Å²) < 4.78 is 0. The summed E-state index contributed by atoms with van der Waals surface area (Å²) in [6.45, 7) is 6.70. The third-order valence-corrected chi connectivity index (χ3v) is 5.51. The first-order valence-corrected chi connectivity index (χ1v) is 8.50. The third kappa shape index (κ3) is 3.22. The van der Waals surface area contributed by atoms with Crippen molar-refractivity contribution >= 4 is 23.2 Å². The Balaban J connectivity index is 2.46. The van der Waals surface area contributed by atoms with Gasteiger partial charge >= 0.3 is 0 Å². The Labute approximate surface area is 137 Å². The zero-order valence-electron chi connectivity index (χ0n) is 12.8. The van der Waals surface area contributed by atoms with Crippen LogP contribution in [-0.2, 0) is 0 Å². The molecule has 1 aliphatic heterocycles. The highest BCUT2D eigenvalue weighted by Crippen LogP contribution is 2.41. The van der Waals surface area contributed by atoms with E-state index in [-0.39, 0.29) is 11.6 Å². The van der Waals surface area contributed by atoms with Crippen LogP contribution < -0.4 is 11.3 Å². The molecule has 3 N–H and O–H groups in total. The Kier molecular flexibility index (Phi) is 5.92. The molecule has 1 saturated heterocycles. The van der Waals surface area contributed by atoms with E-state index in [0.717, 1.165) is 31.5 Å². The van der Waals surface area contributed by atoms with Crippen LogP contribution in [0.5, 0.6) is 0 Å². The van der Waals surface area contributed by atoms with Crippen LogP contribution in [-0.4, -0.2) is 23.5 Å². The maximum absolute atomic E-state index is 6.42. The summed E-state index contributed by atoms with van der Waals surface area (Å²) in [4.78, 5) is 2.56.